The Morgan fingerprint density at radius 2 is 0.680 bits per heavy atom. The summed E-state index contributed by atoms with van der Waals surface area (Å²) in [6.07, 6.45) is 6.16. The summed E-state index contributed by atoms with van der Waals surface area (Å²) in [5, 5.41) is 77.6. The first kappa shape index (κ1) is 100. The van der Waals surface area contributed by atoms with Gasteiger partial charge < -0.3 is 59.8 Å². The summed E-state index contributed by atoms with van der Waals surface area (Å²) in [6, 6.07) is 67.3. The number of benzene rings is 9. The molecule has 8 N–H and O–H groups in total. The standard InChI is InChI=1S/C26H32O4.C20H22O5.C16H16O3.C15H22O2.C13H16O2.C12H16O4/c1-23(2)15-26(7,18-11-8-16(9-12-18)21(27)24(3,4)29)19-13-10-17(14-20(19)23)22(28)25(5,6)30;1-19(2,23)17(21)13-5-9-15(10-6-13)25-16-11-7-14(8-12-16)18(22)20(3,4)24;1-18-16(19-2,14-11-7-4-8-12-14)15(17)13-9-5-3-6-10-13;1-6-14(2,3)12-9-7-11(8-10-12)13(16)15(4,5)17;14-12(11-7-3-1-4-8-11)13(15)9-5-2-6-10-13;1-12(2,15)11(14)9-3-5-10(6-4-9)16-8-7-13/h8-14,29-30H,15H2,1-7H3;5-12,23-24H,1-4H3;3-12H,1-2H3;7-10,17H,6H2,1-5H3;1,3-4,7-8,15H,2,5-6,9-10H2;3-6,13,15H,7-8H2,1-2H3. The molecule has 1 saturated carbocycles. The Labute approximate surface area is 719 Å². The minimum absolute atomic E-state index is 0.0512. The fourth-order valence-electron chi connectivity index (χ4n) is 14.1. The van der Waals surface area contributed by atoms with Crippen molar-refractivity contribution in [2.45, 2.75) is 231 Å². The summed E-state index contributed by atoms with van der Waals surface area (Å²) in [5.74, 6) is -1.99. The van der Waals surface area contributed by atoms with E-state index in [0.717, 1.165) is 48.8 Å². The molecule has 20 heteroatoms. The Morgan fingerprint density at radius 1 is 0.361 bits per heavy atom. The fourth-order valence-corrected chi connectivity index (χ4v) is 14.1. The predicted molar refractivity (Wildman–Crippen MR) is 474 cm³/mol. The van der Waals surface area contributed by atoms with Gasteiger partial charge in [-0.2, -0.15) is 0 Å². The lowest BCUT2D eigenvalue weighted by Crippen LogP contribution is -2.40. The zero-order valence-corrected chi connectivity index (χ0v) is 74.3. The van der Waals surface area contributed by atoms with E-state index < -0.39 is 45.0 Å². The maximum atomic E-state index is 12.7. The molecular formula is C102H124O20. The molecule has 0 aliphatic heterocycles. The van der Waals surface area contributed by atoms with Gasteiger partial charge in [-0.25, -0.2) is 0 Å². The number of methoxy groups -OCH3 is 2. The number of carbonyl (C=O) groups excluding carboxylic acids is 8. The summed E-state index contributed by atoms with van der Waals surface area (Å²) in [4.78, 5) is 97.2. The van der Waals surface area contributed by atoms with Gasteiger partial charge in [0.2, 0.25) is 5.78 Å². The second-order valence-corrected chi connectivity index (χ2v) is 35.5. The van der Waals surface area contributed by atoms with Gasteiger partial charge in [-0.3, -0.25) is 38.4 Å². The number of rotatable bonds is 27. The largest absolute Gasteiger partial charge is 0.491 e. The van der Waals surface area contributed by atoms with Crippen molar-refractivity contribution in [3.05, 3.63) is 303 Å². The van der Waals surface area contributed by atoms with Crippen LogP contribution in [0.2, 0.25) is 0 Å². The molecule has 11 rings (SSSR count). The molecule has 122 heavy (non-hydrogen) atoms. The summed E-state index contributed by atoms with van der Waals surface area (Å²) in [7, 11) is 2.94. The number of carbonyl (C=O) groups is 8. The molecule has 0 amide bonds. The van der Waals surface area contributed by atoms with Gasteiger partial charge in [0.05, 0.1) is 6.61 Å². The van der Waals surface area contributed by atoms with Crippen molar-refractivity contribution >= 4 is 46.3 Å². The van der Waals surface area contributed by atoms with Gasteiger partial charge in [-0.15, -0.1) is 0 Å². The number of fused-ring (bicyclic) bond motifs is 1. The van der Waals surface area contributed by atoms with Crippen LogP contribution < -0.4 is 9.47 Å². The van der Waals surface area contributed by atoms with Gasteiger partial charge in [0.25, 0.3) is 5.79 Å². The van der Waals surface area contributed by atoms with Gasteiger partial charge in [0.15, 0.2) is 40.5 Å². The Balaban J connectivity index is 0.000000231. The van der Waals surface area contributed by atoms with E-state index in [1.807, 2.05) is 103 Å². The fraction of sp³-hybridized carbons (Fsp3) is 0.392. The van der Waals surface area contributed by atoms with Crippen LogP contribution >= 0.6 is 0 Å². The van der Waals surface area contributed by atoms with Crippen LogP contribution in [0.3, 0.4) is 0 Å². The second-order valence-electron chi connectivity index (χ2n) is 35.5. The van der Waals surface area contributed by atoms with Gasteiger partial charge in [-0.05, 0) is 221 Å². The highest BCUT2D eigenvalue weighted by molar-refractivity contribution is 6.06. The molecule has 1 unspecified atom stereocenters. The molecule has 9 aromatic rings. The van der Waals surface area contributed by atoms with Crippen molar-refractivity contribution in [1.29, 1.82) is 0 Å². The molecular weight excluding hydrogens is 1550 g/mol. The monoisotopic (exact) mass is 1670 g/mol. The lowest BCUT2D eigenvalue weighted by atomic mass is 9.74. The minimum Gasteiger partial charge on any atom is -0.491 e. The Morgan fingerprint density at radius 3 is 1.03 bits per heavy atom. The minimum atomic E-state index is -1.43. The van der Waals surface area contributed by atoms with Crippen LogP contribution in [0.4, 0.5) is 0 Å². The summed E-state index contributed by atoms with van der Waals surface area (Å²) in [5.41, 5.74) is -0.536. The highest BCUT2D eigenvalue weighted by Gasteiger charge is 2.47. The van der Waals surface area contributed by atoms with Crippen LogP contribution in [0, 0.1) is 0 Å². The van der Waals surface area contributed by atoms with Crippen LogP contribution in [0.25, 0.3) is 0 Å². The molecule has 1 fully saturated rings. The van der Waals surface area contributed by atoms with Crippen LogP contribution in [0.15, 0.2) is 231 Å². The molecule has 0 heterocycles. The molecule has 2 aliphatic carbocycles. The predicted octanol–water partition coefficient (Wildman–Crippen LogP) is 17.9. The highest BCUT2D eigenvalue weighted by Crippen LogP contribution is 2.53. The third-order valence-corrected chi connectivity index (χ3v) is 21.5. The zero-order chi connectivity index (χ0) is 91.4. The topological polar surface area (TPSA) is 335 Å². The van der Waals surface area contributed by atoms with Crippen LogP contribution in [0.5, 0.6) is 17.2 Å². The maximum Gasteiger partial charge on any atom is 0.260 e. The van der Waals surface area contributed by atoms with Crippen LogP contribution in [-0.2, 0) is 31.5 Å². The van der Waals surface area contributed by atoms with E-state index >= 15 is 0 Å². The Kier molecular flexibility index (Phi) is 34.2. The highest BCUT2D eigenvalue weighted by atomic mass is 16.7. The first-order chi connectivity index (χ1) is 56.6. The zero-order valence-electron chi connectivity index (χ0n) is 74.3. The molecule has 20 nitrogen and oxygen atoms in total. The van der Waals surface area contributed by atoms with Crippen molar-refractivity contribution in [1.82, 2.24) is 0 Å². The molecule has 0 aromatic heterocycles. The number of hydrogen-bond acceptors (Lipinski definition) is 20. The smallest absolute Gasteiger partial charge is 0.260 e. The third-order valence-electron chi connectivity index (χ3n) is 21.5. The number of Topliss-reactive ketones (excluding diaryl/α,β-unsaturated/α-hetero) is 8. The molecule has 1 atom stereocenters. The summed E-state index contributed by atoms with van der Waals surface area (Å²) in [6.45, 7) is 30.9. The number of aliphatic hydroxyl groups excluding tert-OH is 1. The average Bonchev–Trinajstić information content (AvgIpc) is 1.57. The SMILES string of the molecule is CC(C)(O)C(=O)c1ccc(C2(C)CC(C)(C)c3cc(C(=O)C(C)(C)O)ccc32)cc1.CC(C)(O)C(=O)c1ccc(OCCO)cc1.CC(C)(O)C(=O)c1ccc(Oc2ccc(C(=O)C(C)(C)O)cc2)cc1.CCC(C)(C)c1ccc(C(=O)C(C)(C)O)cc1.COC(OC)(C(=O)c1ccccc1)c1ccccc1.O=C(c1ccccc1)C1(O)CCCCC1. The Hall–Kier alpha value is -10.5. The van der Waals surface area contributed by atoms with Crippen molar-refractivity contribution in [2.24, 2.45) is 0 Å². The average molecular weight is 1670 g/mol. The molecule has 0 saturated heterocycles. The van der Waals surface area contributed by atoms with E-state index in [1.54, 1.807) is 127 Å². The van der Waals surface area contributed by atoms with Crippen molar-refractivity contribution in [3.63, 3.8) is 0 Å². The maximum absolute atomic E-state index is 12.7. The third kappa shape index (κ3) is 26.8. The van der Waals surface area contributed by atoms with Crippen LogP contribution in [0.1, 0.15) is 280 Å². The van der Waals surface area contributed by atoms with Crippen LogP contribution in [-0.4, -0.2) is 154 Å². The molecule has 2 aliphatic rings. The van der Waals surface area contributed by atoms with Crippen molar-refractivity contribution < 1.29 is 98.2 Å². The molecule has 0 radical (unpaired) electrons. The van der Waals surface area contributed by atoms with E-state index in [9.17, 15) is 74.1 Å². The summed E-state index contributed by atoms with van der Waals surface area (Å²) >= 11 is 0. The van der Waals surface area contributed by atoms with E-state index in [1.165, 1.54) is 103 Å². The van der Waals surface area contributed by atoms with Gasteiger partial charge in [0, 0.05) is 69.7 Å². The van der Waals surface area contributed by atoms with E-state index in [-0.39, 0.29) is 75.7 Å². The van der Waals surface area contributed by atoms with E-state index in [4.69, 9.17) is 24.1 Å². The second kappa shape index (κ2) is 41.6. The Bertz CT molecular complexity index is 4890. The number of hydrogen-bond donors (Lipinski definition) is 8. The lowest BCUT2D eigenvalue weighted by molar-refractivity contribution is -0.176. The number of ketones is 8. The first-order valence-corrected chi connectivity index (χ1v) is 40.9. The lowest BCUT2D eigenvalue weighted by Gasteiger charge is -2.30. The first-order valence-electron chi connectivity index (χ1n) is 40.9. The van der Waals surface area contributed by atoms with E-state index in [0.29, 0.717) is 80.2 Å². The van der Waals surface area contributed by atoms with Gasteiger partial charge in [0.1, 0.15) is 63.1 Å². The van der Waals surface area contributed by atoms with Gasteiger partial charge >= 0.3 is 0 Å². The summed E-state index contributed by atoms with van der Waals surface area (Å²) < 4.78 is 21.7. The van der Waals surface area contributed by atoms with Gasteiger partial charge in [-0.1, -0.05) is 212 Å². The van der Waals surface area contributed by atoms with Crippen molar-refractivity contribution in [3.8, 4) is 17.2 Å². The number of aliphatic hydroxyl groups is 8. The number of ether oxygens (including phenoxy) is 4. The molecule has 0 bridgehead atoms. The quantitative estimate of drug-likeness (QED) is 0.0175. The molecule has 9 aromatic carbocycles. The molecule has 0 spiro atoms. The normalized spacial score (nSPS) is 15.0. The van der Waals surface area contributed by atoms with Crippen molar-refractivity contribution in [2.75, 3.05) is 27.4 Å². The van der Waals surface area contributed by atoms with E-state index in [2.05, 4.69) is 41.5 Å². The molecule has 652 valence electrons.